The molecule has 1 saturated heterocycles. The molecule has 3 rings (SSSR count). The first-order chi connectivity index (χ1) is 12.3. The van der Waals surface area contributed by atoms with Gasteiger partial charge in [-0.25, -0.2) is 9.97 Å². The summed E-state index contributed by atoms with van der Waals surface area (Å²) in [6.07, 6.45) is 3.08. The van der Waals surface area contributed by atoms with Gasteiger partial charge in [0.25, 0.3) is 0 Å². The number of hydrogen-bond donors (Lipinski definition) is 2. The average Bonchev–Trinajstić information content (AvgIpc) is 2.69. The van der Waals surface area contributed by atoms with Crippen LogP contribution in [-0.2, 0) is 11.3 Å². The fourth-order valence-electron chi connectivity index (χ4n) is 2.66. The van der Waals surface area contributed by atoms with Crippen LogP contribution in [-0.4, -0.2) is 55.0 Å². The Kier molecular flexibility index (Phi) is 6.16. The zero-order chi connectivity index (χ0) is 17.5. The number of hydrogen-bond acceptors (Lipinski definition) is 7. The van der Waals surface area contributed by atoms with E-state index < -0.39 is 6.10 Å². The number of rotatable bonds is 7. The van der Waals surface area contributed by atoms with Crippen LogP contribution >= 0.6 is 0 Å². The van der Waals surface area contributed by atoms with Gasteiger partial charge >= 0.3 is 0 Å². The minimum Gasteiger partial charge on any atom is -0.497 e. The number of nitrogens with one attached hydrogen (secondary N) is 1. The quantitative estimate of drug-likeness (QED) is 0.780. The first-order valence-corrected chi connectivity index (χ1v) is 8.42. The van der Waals surface area contributed by atoms with Crippen LogP contribution in [0.2, 0.25) is 0 Å². The number of ether oxygens (including phenoxy) is 2. The van der Waals surface area contributed by atoms with Gasteiger partial charge in [0, 0.05) is 44.1 Å². The van der Waals surface area contributed by atoms with Crippen molar-refractivity contribution in [1.82, 2.24) is 15.3 Å². The van der Waals surface area contributed by atoms with Crippen LogP contribution in [0, 0.1) is 0 Å². The molecular formula is C18H24N4O3. The first kappa shape index (κ1) is 17.6. The highest BCUT2D eigenvalue weighted by molar-refractivity contribution is 5.30. The standard InChI is InChI=1S/C18H24N4O3/c1-24-16-4-2-15(3-5-16)17(23)13-19-10-14-11-20-18(21-12-14)22-6-8-25-9-7-22/h2-5,11-12,17,19,23H,6-10,13H2,1H3. The van der Waals surface area contributed by atoms with E-state index >= 15 is 0 Å². The van der Waals surface area contributed by atoms with Crippen LogP contribution in [0.15, 0.2) is 36.7 Å². The molecule has 1 aliphatic rings. The van der Waals surface area contributed by atoms with Gasteiger partial charge < -0.3 is 24.8 Å². The third kappa shape index (κ3) is 4.88. The molecule has 7 heteroatoms. The molecule has 1 aromatic heterocycles. The van der Waals surface area contributed by atoms with Crippen molar-refractivity contribution in [1.29, 1.82) is 0 Å². The Bertz CT molecular complexity index is 642. The summed E-state index contributed by atoms with van der Waals surface area (Å²) in [7, 11) is 1.62. The largest absolute Gasteiger partial charge is 0.497 e. The molecule has 0 bridgehead atoms. The Morgan fingerprint density at radius 1 is 1.20 bits per heavy atom. The van der Waals surface area contributed by atoms with E-state index in [1.54, 1.807) is 7.11 Å². The van der Waals surface area contributed by atoms with Gasteiger partial charge in [-0.3, -0.25) is 0 Å². The van der Waals surface area contributed by atoms with Crippen molar-refractivity contribution in [2.45, 2.75) is 12.6 Å². The molecule has 1 aliphatic heterocycles. The van der Waals surface area contributed by atoms with E-state index in [0.717, 1.165) is 49.1 Å². The number of aliphatic hydroxyl groups excluding tert-OH is 1. The number of nitrogens with zero attached hydrogens (tertiary/aromatic N) is 3. The Balaban J connectivity index is 1.46. The molecular weight excluding hydrogens is 320 g/mol. The second-order valence-electron chi connectivity index (χ2n) is 5.91. The Morgan fingerprint density at radius 2 is 1.88 bits per heavy atom. The zero-order valence-corrected chi connectivity index (χ0v) is 14.4. The Labute approximate surface area is 147 Å². The van der Waals surface area contributed by atoms with Gasteiger partial charge in [-0.1, -0.05) is 12.1 Å². The van der Waals surface area contributed by atoms with Crippen molar-refractivity contribution in [3.63, 3.8) is 0 Å². The Hall–Kier alpha value is -2.22. The van der Waals surface area contributed by atoms with Gasteiger partial charge in [0.15, 0.2) is 0 Å². The molecule has 0 radical (unpaired) electrons. The SMILES string of the molecule is COc1ccc(C(O)CNCc2cnc(N3CCOCC3)nc2)cc1. The van der Waals surface area contributed by atoms with Crippen molar-refractivity contribution >= 4 is 5.95 Å². The molecule has 1 fully saturated rings. The molecule has 1 atom stereocenters. The normalized spacial score (nSPS) is 15.8. The van der Waals surface area contributed by atoms with Crippen LogP contribution < -0.4 is 15.0 Å². The predicted molar refractivity (Wildman–Crippen MR) is 94.7 cm³/mol. The molecule has 25 heavy (non-hydrogen) atoms. The van der Waals surface area contributed by atoms with E-state index in [-0.39, 0.29) is 0 Å². The van der Waals surface area contributed by atoms with Gasteiger partial charge in [-0.15, -0.1) is 0 Å². The van der Waals surface area contributed by atoms with Crippen LogP contribution in [0.4, 0.5) is 5.95 Å². The summed E-state index contributed by atoms with van der Waals surface area (Å²) in [5, 5.41) is 13.5. The molecule has 0 saturated carbocycles. The lowest BCUT2D eigenvalue weighted by atomic mass is 10.1. The number of aromatic nitrogens is 2. The van der Waals surface area contributed by atoms with E-state index in [2.05, 4.69) is 20.2 Å². The van der Waals surface area contributed by atoms with Crippen LogP contribution in [0.25, 0.3) is 0 Å². The van der Waals surface area contributed by atoms with E-state index in [4.69, 9.17) is 9.47 Å². The number of benzene rings is 1. The molecule has 7 nitrogen and oxygen atoms in total. The maximum Gasteiger partial charge on any atom is 0.225 e. The highest BCUT2D eigenvalue weighted by Crippen LogP contribution is 2.17. The topological polar surface area (TPSA) is 79.7 Å². The molecule has 2 aromatic rings. The van der Waals surface area contributed by atoms with Gasteiger partial charge in [0.1, 0.15) is 5.75 Å². The fraction of sp³-hybridized carbons (Fsp3) is 0.444. The van der Waals surface area contributed by atoms with Crippen molar-refractivity contribution in [3.05, 3.63) is 47.8 Å². The number of aliphatic hydroxyl groups is 1. The molecule has 0 aliphatic carbocycles. The van der Waals surface area contributed by atoms with E-state index in [1.807, 2.05) is 36.7 Å². The maximum absolute atomic E-state index is 10.2. The van der Waals surface area contributed by atoms with Crippen molar-refractivity contribution in [3.8, 4) is 5.75 Å². The molecule has 134 valence electrons. The lowest BCUT2D eigenvalue weighted by Gasteiger charge is -2.26. The number of anilines is 1. The van der Waals surface area contributed by atoms with Crippen molar-refractivity contribution in [2.75, 3.05) is 44.9 Å². The second-order valence-corrected chi connectivity index (χ2v) is 5.91. The van der Waals surface area contributed by atoms with Crippen LogP contribution in [0.3, 0.4) is 0 Å². The minimum absolute atomic E-state index is 0.456. The third-order valence-corrected chi connectivity index (χ3v) is 4.15. The van der Waals surface area contributed by atoms with E-state index in [1.165, 1.54) is 0 Å². The van der Waals surface area contributed by atoms with Gasteiger partial charge in [-0.05, 0) is 17.7 Å². The summed E-state index contributed by atoms with van der Waals surface area (Å²) in [4.78, 5) is 11.0. The van der Waals surface area contributed by atoms with Crippen LogP contribution in [0.1, 0.15) is 17.2 Å². The summed E-state index contributed by atoms with van der Waals surface area (Å²) in [5.41, 5.74) is 1.84. The summed E-state index contributed by atoms with van der Waals surface area (Å²) in [6.45, 7) is 4.15. The predicted octanol–water partition coefficient (Wildman–Crippen LogP) is 1.14. The smallest absolute Gasteiger partial charge is 0.225 e. The molecule has 0 spiro atoms. The first-order valence-electron chi connectivity index (χ1n) is 8.42. The maximum atomic E-state index is 10.2. The highest BCUT2D eigenvalue weighted by Gasteiger charge is 2.13. The van der Waals surface area contributed by atoms with Gasteiger partial charge in [-0.2, -0.15) is 0 Å². The second kappa shape index (κ2) is 8.75. The Morgan fingerprint density at radius 3 is 2.52 bits per heavy atom. The molecule has 2 heterocycles. The van der Waals surface area contributed by atoms with Gasteiger partial charge in [0.05, 0.1) is 26.4 Å². The summed E-state index contributed by atoms with van der Waals surface area (Å²) in [5.74, 6) is 1.52. The van der Waals surface area contributed by atoms with E-state index in [9.17, 15) is 5.11 Å². The van der Waals surface area contributed by atoms with Crippen LogP contribution in [0.5, 0.6) is 5.75 Å². The molecule has 0 amide bonds. The fourth-order valence-corrected chi connectivity index (χ4v) is 2.66. The summed E-state index contributed by atoms with van der Waals surface area (Å²) >= 11 is 0. The summed E-state index contributed by atoms with van der Waals surface area (Å²) < 4.78 is 10.5. The highest BCUT2D eigenvalue weighted by atomic mass is 16.5. The monoisotopic (exact) mass is 344 g/mol. The molecule has 1 aromatic carbocycles. The van der Waals surface area contributed by atoms with E-state index in [0.29, 0.717) is 13.1 Å². The van der Waals surface area contributed by atoms with Crippen molar-refractivity contribution in [2.24, 2.45) is 0 Å². The molecule has 2 N–H and O–H groups in total. The van der Waals surface area contributed by atoms with Gasteiger partial charge in [0.2, 0.25) is 5.95 Å². The zero-order valence-electron chi connectivity index (χ0n) is 14.4. The average molecular weight is 344 g/mol. The lowest BCUT2D eigenvalue weighted by molar-refractivity contribution is 0.122. The molecule has 1 unspecified atom stereocenters. The third-order valence-electron chi connectivity index (χ3n) is 4.15. The van der Waals surface area contributed by atoms with Crippen molar-refractivity contribution < 1.29 is 14.6 Å². The lowest BCUT2D eigenvalue weighted by Crippen LogP contribution is -2.37. The number of methoxy groups -OCH3 is 1. The minimum atomic E-state index is -0.570. The summed E-state index contributed by atoms with van der Waals surface area (Å²) in [6, 6.07) is 7.42. The number of morpholine rings is 1.